The van der Waals surface area contributed by atoms with Gasteiger partial charge in [0.1, 0.15) is 11.9 Å². The van der Waals surface area contributed by atoms with Crippen LogP contribution in [0.5, 0.6) is 0 Å². The van der Waals surface area contributed by atoms with E-state index < -0.39 is 12.0 Å². The summed E-state index contributed by atoms with van der Waals surface area (Å²) >= 11 is 0. The summed E-state index contributed by atoms with van der Waals surface area (Å²) in [6.45, 7) is 0.575. The Kier molecular flexibility index (Phi) is 1.86. The highest BCUT2D eigenvalue weighted by molar-refractivity contribution is 5.91. The van der Waals surface area contributed by atoms with Crippen molar-refractivity contribution in [2.75, 3.05) is 13.1 Å². The first-order chi connectivity index (χ1) is 4.74. The Morgan fingerprint density at radius 2 is 2.70 bits per heavy atom. The molecule has 0 radical (unpaired) electrons. The first-order valence-corrected chi connectivity index (χ1v) is 2.96. The fourth-order valence-electron chi connectivity index (χ4n) is 0.757. The molecule has 5 heteroatoms. The van der Waals surface area contributed by atoms with E-state index in [4.69, 9.17) is 10.8 Å². The molecule has 0 spiro atoms. The molecule has 0 saturated carbocycles. The summed E-state index contributed by atoms with van der Waals surface area (Å²) in [6.07, 6.45) is 0. The number of carboxylic acids is 1. The average molecular weight is 143 g/mol. The van der Waals surface area contributed by atoms with Gasteiger partial charge in [0, 0.05) is 0 Å². The molecule has 56 valence electrons. The van der Waals surface area contributed by atoms with Crippen LogP contribution in [-0.2, 0) is 4.79 Å². The first-order valence-electron chi connectivity index (χ1n) is 2.96. The molecular weight excluding hydrogens is 134 g/mol. The Hall–Kier alpha value is -1.10. The molecule has 5 nitrogen and oxygen atoms in total. The number of nitrogens with two attached hydrogens (primary N) is 1. The lowest BCUT2D eigenvalue weighted by molar-refractivity contribution is -0.138. The Labute approximate surface area is 57.9 Å². The lowest BCUT2D eigenvalue weighted by Crippen LogP contribution is -2.39. The summed E-state index contributed by atoms with van der Waals surface area (Å²) in [4.78, 5) is 14.1. The number of hydrogen-bond acceptors (Lipinski definition) is 4. The molecule has 1 unspecified atom stereocenters. The van der Waals surface area contributed by atoms with Gasteiger partial charge in [-0.1, -0.05) is 0 Å². The van der Waals surface area contributed by atoms with Crippen molar-refractivity contribution in [1.82, 2.24) is 5.32 Å². The normalized spacial score (nSPS) is 23.7. The van der Waals surface area contributed by atoms with Crippen molar-refractivity contribution in [3.63, 3.8) is 0 Å². The van der Waals surface area contributed by atoms with Gasteiger partial charge < -0.3 is 16.2 Å². The zero-order valence-electron chi connectivity index (χ0n) is 5.37. The van der Waals surface area contributed by atoms with Crippen LogP contribution in [-0.4, -0.2) is 36.0 Å². The van der Waals surface area contributed by atoms with Gasteiger partial charge in [-0.15, -0.1) is 0 Å². The van der Waals surface area contributed by atoms with Gasteiger partial charge in [0.25, 0.3) is 0 Å². The summed E-state index contributed by atoms with van der Waals surface area (Å²) in [5.41, 5.74) is 5.21. The molecule has 0 saturated heterocycles. The number of carboxylic acid groups (broad SMARTS) is 1. The van der Waals surface area contributed by atoms with E-state index in [-0.39, 0.29) is 6.54 Å². The third kappa shape index (κ3) is 1.24. The van der Waals surface area contributed by atoms with Crippen molar-refractivity contribution in [2.24, 2.45) is 10.7 Å². The molecule has 0 aromatic carbocycles. The second-order valence-corrected chi connectivity index (χ2v) is 2.03. The number of aliphatic imine (C=N–C) groups is 1. The molecule has 1 atom stereocenters. The van der Waals surface area contributed by atoms with E-state index in [1.807, 2.05) is 0 Å². The zero-order chi connectivity index (χ0) is 7.56. The lowest BCUT2D eigenvalue weighted by atomic mass is 10.3. The van der Waals surface area contributed by atoms with Crippen LogP contribution >= 0.6 is 0 Å². The quantitative estimate of drug-likeness (QED) is 0.434. The number of carbonyl (C=O) groups is 1. The van der Waals surface area contributed by atoms with Crippen molar-refractivity contribution in [3.05, 3.63) is 0 Å². The Morgan fingerprint density at radius 1 is 2.00 bits per heavy atom. The first kappa shape index (κ1) is 7.01. The lowest BCUT2D eigenvalue weighted by Gasteiger charge is -2.03. The molecule has 1 aliphatic heterocycles. The van der Waals surface area contributed by atoms with Crippen molar-refractivity contribution in [2.45, 2.75) is 6.04 Å². The molecule has 0 aliphatic carbocycles. The monoisotopic (exact) mass is 143 g/mol. The predicted molar refractivity (Wildman–Crippen MR) is 35.9 cm³/mol. The number of amidine groups is 1. The van der Waals surface area contributed by atoms with Crippen molar-refractivity contribution in [1.29, 1.82) is 0 Å². The van der Waals surface area contributed by atoms with Crippen LogP contribution in [0.4, 0.5) is 0 Å². The fourth-order valence-corrected chi connectivity index (χ4v) is 0.757. The number of aliphatic carboxylic acids is 1. The van der Waals surface area contributed by atoms with Gasteiger partial charge in [-0.2, -0.15) is 0 Å². The van der Waals surface area contributed by atoms with E-state index in [0.717, 1.165) is 0 Å². The largest absolute Gasteiger partial charge is 0.480 e. The Bertz CT molecular complexity index is 178. The highest BCUT2D eigenvalue weighted by Gasteiger charge is 2.22. The molecule has 0 aromatic heterocycles. The van der Waals surface area contributed by atoms with Gasteiger partial charge in [-0.25, -0.2) is 4.79 Å². The summed E-state index contributed by atoms with van der Waals surface area (Å²) in [5, 5.41) is 11.1. The van der Waals surface area contributed by atoms with Crippen LogP contribution in [0.25, 0.3) is 0 Å². The summed E-state index contributed by atoms with van der Waals surface area (Å²) in [5.74, 6) is -0.306. The molecule has 0 aromatic rings. The molecule has 0 bridgehead atoms. The second-order valence-electron chi connectivity index (χ2n) is 2.03. The minimum Gasteiger partial charge on any atom is -0.480 e. The van der Waals surface area contributed by atoms with Crippen molar-refractivity contribution >= 4 is 11.8 Å². The van der Waals surface area contributed by atoms with Gasteiger partial charge in [0.05, 0.1) is 13.1 Å². The van der Waals surface area contributed by atoms with Crippen LogP contribution in [0.2, 0.25) is 0 Å². The second kappa shape index (κ2) is 2.66. The zero-order valence-corrected chi connectivity index (χ0v) is 5.37. The number of nitrogens with one attached hydrogen (secondary N) is 1. The van der Waals surface area contributed by atoms with E-state index >= 15 is 0 Å². The van der Waals surface area contributed by atoms with E-state index in [0.29, 0.717) is 12.4 Å². The van der Waals surface area contributed by atoms with Gasteiger partial charge in [-0.05, 0) is 0 Å². The van der Waals surface area contributed by atoms with Crippen LogP contribution in [0.3, 0.4) is 0 Å². The maximum Gasteiger partial charge on any atom is 0.328 e. The number of nitrogens with zero attached hydrogens (tertiary/aromatic N) is 1. The molecule has 4 N–H and O–H groups in total. The SMILES string of the molecule is NCC1=NCC(C(=O)O)N1. The van der Waals surface area contributed by atoms with Gasteiger partial charge >= 0.3 is 5.97 Å². The topological polar surface area (TPSA) is 87.7 Å². The smallest absolute Gasteiger partial charge is 0.328 e. The molecule has 1 aliphatic rings. The number of hydrogen-bond donors (Lipinski definition) is 3. The van der Waals surface area contributed by atoms with Gasteiger partial charge in [0.15, 0.2) is 0 Å². The maximum atomic E-state index is 10.3. The highest BCUT2D eigenvalue weighted by atomic mass is 16.4. The van der Waals surface area contributed by atoms with E-state index in [9.17, 15) is 4.79 Å². The molecule has 0 fully saturated rings. The summed E-state index contributed by atoms with van der Waals surface area (Å²) in [7, 11) is 0. The maximum absolute atomic E-state index is 10.3. The van der Waals surface area contributed by atoms with E-state index in [2.05, 4.69) is 10.3 Å². The van der Waals surface area contributed by atoms with Crippen LogP contribution in [0.1, 0.15) is 0 Å². The Balaban J connectivity index is 2.43. The molecule has 0 amide bonds. The minimum atomic E-state index is -0.882. The fraction of sp³-hybridized carbons (Fsp3) is 0.600. The van der Waals surface area contributed by atoms with Crippen molar-refractivity contribution < 1.29 is 9.90 Å². The molecule has 1 heterocycles. The van der Waals surface area contributed by atoms with Gasteiger partial charge in [-0.3, -0.25) is 4.99 Å². The third-order valence-electron chi connectivity index (χ3n) is 1.30. The predicted octanol–water partition coefficient (Wildman–Crippen LogP) is -1.60. The summed E-state index contributed by atoms with van der Waals surface area (Å²) in [6, 6.07) is -0.571. The van der Waals surface area contributed by atoms with Crippen LogP contribution in [0, 0.1) is 0 Å². The highest BCUT2D eigenvalue weighted by Crippen LogP contribution is 1.94. The third-order valence-corrected chi connectivity index (χ3v) is 1.30. The summed E-state index contributed by atoms with van der Waals surface area (Å²) < 4.78 is 0. The Morgan fingerprint density at radius 3 is 3.00 bits per heavy atom. The molecule has 1 rings (SSSR count). The van der Waals surface area contributed by atoms with Crippen LogP contribution < -0.4 is 11.1 Å². The van der Waals surface area contributed by atoms with Crippen molar-refractivity contribution in [3.8, 4) is 0 Å². The average Bonchev–Trinajstić information content (AvgIpc) is 2.34. The van der Waals surface area contributed by atoms with E-state index in [1.54, 1.807) is 0 Å². The molecule has 10 heavy (non-hydrogen) atoms. The van der Waals surface area contributed by atoms with Crippen LogP contribution in [0.15, 0.2) is 4.99 Å². The van der Waals surface area contributed by atoms with Gasteiger partial charge in [0.2, 0.25) is 0 Å². The molecular formula is C5H9N3O2. The minimum absolute atomic E-state index is 0.282. The number of rotatable bonds is 2. The van der Waals surface area contributed by atoms with E-state index in [1.165, 1.54) is 0 Å². The standard InChI is InChI=1S/C5H9N3O2/c6-1-4-7-2-3(8-4)5(9)10/h3H,1-2,6H2,(H,7,8)(H,9,10).